The van der Waals surface area contributed by atoms with Crippen LogP contribution in [0.5, 0.6) is 0 Å². The molecule has 1 aliphatic rings. The minimum Gasteiger partial charge on any atom is -0.468 e. The highest BCUT2D eigenvalue weighted by Gasteiger charge is 2.29. The third-order valence-corrected chi connectivity index (χ3v) is 3.43. The number of rotatable bonds is 6. The molecule has 1 atom stereocenters. The highest BCUT2D eigenvalue weighted by atomic mass is 16.5. The molecule has 4 nitrogen and oxygen atoms in total. The van der Waals surface area contributed by atoms with Crippen molar-refractivity contribution in [2.24, 2.45) is 5.41 Å². The fourth-order valence-electron chi connectivity index (χ4n) is 2.42. The van der Waals surface area contributed by atoms with E-state index >= 15 is 0 Å². The monoisotopic (exact) mass is 242 g/mol. The van der Waals surface area contributed by atoms with E-state index in [4.69, 9.17) is 4.74 Å². The van der Waals surface area contributed by atoms with Gasteiger partial charge in [-0.2, -0.15) is 0 Å². The number of ether oxygens (including phenoxy) is 1. The number of esters is 1. The zero-order valence-electron chi connectivity index (χ0n) is 11.6. The minimum atomic E-state index is -0.159. The molecule has 1 saturated heterocycles. The normalized spacial score (nSPS) is 21.4. The average molecular weight is 242 g/mol. The van der Waals surface area contributed by atoms with Gasteiger partial charge in [0.1, 0.15) is 6.04 Å². The summed E-state index contributed by atoms with van der Waals surface area (Å²) in [7, 11) is 1.45. The van der Waals surface area contributed by atoms with E-state index in [1.54, 1.807) is 0 Å². The highest BCUT2D eigenvalue weighted by Crippen LogP contribution is 2.28. The second kappa shape index (κ2) is 6.36. The molecule has 0 spiro atoms. The van der Waals surface area contributed by atoms with Gasteiger partial charge in [0.05, 0.1) is 7.11 Å². The molecule has 1 unspecified atom stereocenters. The summed E-state index contributed by atoms with van der Waals surface area (Å²) in [6.07, 6.45) is 2.08. The molecule has 1 heterocycles. The third kappa shape index (κ3) is 4.64. The smallest absolute Gasteiger partial charge is 0.322 e. The van der Waals surface area contributed by atoms with Gasteiger partial charge in [0.15, 0.2) is 0 Å². The Kier molecular flexibility index (Phi) is 5.40. The highest BCUT2D eigenvalue weighted by molar-refractivity contribution is 5.75. The van der Waals surface area contributed by atoms with Crippen LogP contribution in [-0.2, 0) is 9.53 Å². The number of carbonyl (C=O) groups excluding carboxylic acids is 1. The van der Waals surface area contributed by atoms with Crippen LogP contribution < -0.4 is 5.32 Å². The molecule has 0 saturated carbocycles. The molecular formula is C13H26N2O2. The quantitative estimate of drug-likeness (QED) is 0.712. The van der Waals surface area contributed by atoms with Crippen LogP contribution in [0.4, 0.5) is 0 Å². The van der Waals surface area contributed by atoms with E-state index in [0.29, 0.717) is 5.41 Å². The van der Waals surface area contributed by atoms with Crippen molar-refractivity contribution in [1.29, 1.82) is 0 Å². The molecule has 0 bridgehead atoms. The molecule has 0 aromatic heterocycles. The van der Waals surface area contributed by atoms with E-state index in [1.165, 1.54) is 13.5 Å². The fourth-order valence-corrected chi connectivity index (χ4v) is 2.42. The Morgan fingerprint density at radius 3 is 2.71 bits per heavy atom. The zero-order valence-corrected chi connectivity index (χ0v) is 11.6. The van der Waals surface area contributed by atoms with Crippen molar-refractivity contribution in [1.82, 2.24) is 10.2 Å². The molecule has 17 heavy (non-hydrogen) atoms. The standard InChI is InChI=1S/C13H26N2O2/c1-5-14-11(12(16)17-4)6-8-15-9-7-13(2,3)10-15/h11,14H,5-10H2,1-4H3. The maximum atomic E-state index is 11.5. The van der Waals surface area contributed by atoms with E-state index < -0.39 is 0 Å². The molecule has 1 fully saturated rings. The number of hydrogen-bond acceptors (Lipinski definition) is 4. The molecule has 0 radical (unpaired) electrons. The van der Waals surface area contributed by atoms with Gasteiger partial charge in [-0.15, -0.1) is 0 Å². The van der Waals surface area contributed by atoms with Gasteiger partial charge in [0, 0.05) is 13.1 Å². The lowest BCUT2D eigenvalue weighted by atomic mass is 9.93. The molecular weight excluding hydrogens is 216 g/mol. The van der Waals surface area contributed by atoms with E-state index in [2.05, 4.69) is 24.1 Å². The molecule has 1 aliphatic heterocycles. The number of nitrogens with one attached hydrogen (secondary N) is 1. The maximum Gasteiger partial charge on any atom is 0.322 e. The first-order chi connectivity index (χ1) is 7.98. The molecule has 0 aromatic carbocycles. The first kappa shape index (κ1) is 14.5. The van der Waals surface area contributed by atoms with Gasteiger partial charge >= 0.3 is 5.97 Å². The van der Waals surface area contributed by atoms with Crippen molar-refractivity contribution < 1.29 is 9.53 Å². The second-order valence-electron chi connectivity index (χ2n) is 5.61. The molecule has 1 N–H and O–H groups in total. The Labute approximate surface area is 105 Å². The van der Waals surface area contributed by atoms with Crippen LogP contribution >= 0.6 is 0 Å². The predicted octanol–water partition coefficient (Wildman–Crippen LogP) is 1.26. The van der Waals surface area contributed by atoms with Gasteiger partial charge < -0.3 is 15.0 Å². The predicted molar refractivity (Wildman–Crippen MR) is 68.9 cm³/mol. The summed E-state index contributed by atoms with van der Waals surface area (Å²) in [4.78, 5) is 14.0. The van der Waals surface area contributed by atoms with Crippen LogP contribution in [0.1, 0.15) is 33.6 Å². The van der Waals surface area contributed by atoms with Gasteiger partial charge in [-0.05, 0) is 31.3 Å². The second-order valence-corrected chi connectivity index (χ2v) is 5.61. The molecule has 0 aromatic rings. The molecule has 100 valence electrons. The van der Waals surface area contributed by atoms with E-state index in [1.807, 2.05) is 6.92 Å². The Balaban J connectivity index is 2.34. The number of likely N-dealkylation sites (tertiary alicyclic amines) is 1. The number of hydrogen-bond donors (Lipinski definition) is 1. The number of likely N-dealkylation sites (N-methyl/N-ethyl adjacent to an activating group) is 1. The largest absolute Gasteiger partial charge is 0.468 e. The van der Waals surface area contributed by atoms with Gasteiger partial charge in [0.25, 0.3) is 0 Å². The summed E-state index contributed by atoms with van der Waals surface area (Å²) in [5, 5.41) is 3.18. The average Bonchev–Trinajstić information content (AvgIpc) is 2.63. The van der Waals surface area contributed by atoms with E-state index in [-0.39, 0.29) is 12.0 Å². The van der Waals surface area contributed by atoms with Gasteiger partial charge in [0.2, 0.25) is 0 Å². The fraction of sp³-hybridized carbons (Fsp3) is 0.923. The van der Waals surface area contributed by atoms with Crippen molar-refractivity contribution >= 4 is 5.97 Å². The third-order valence-electron chi connectivity index (χ3n) is 3.43. The molecule has 4 heteroatoms. The molecule has 0 amide bonds. The zero-order chi connectivity index (χ0) is 12.9. The van der Waals surface area contributed by atoms with Crippen molar-refractivity contribution in [2.75, 3.05) is 33.3 Å². The number of carbonyl (C=O) groups is 1. The Hall–Kier alpha value is -0.610. The maximum absolute atomic E-state index is 11.5. The van der Waals surface area contributed by atoms with E-state index in [9.17, 15) is 4.79 Å². The van der Waals surface area contributed by atoms with Crippen LogP contribution in [0.15, 0.2) is 0 Å². The van der Waals surface area contributed by atoms with E-state index in [0.717, 1.165) is 32.6 Å². The van der Waals surface area contributed by atoms with Gasteiger partial charge in [-0.25, -0.2) is 0 Å². The topological polar surface area (TPSA) is 41.6 Å². The number of methoxy groups -OCH3 is 1. The van der Waals surface area contributed by atoms with Crippen LogP contribution in [0.3, 0.4) is 0 Å². The summed E-state index contributed by atoms with van der Waals surface area (Å²) < 4.78 is 4.80. The van der Waals surface area contributed by atoms with Crippen LogP contribution in [0.2, 0.25) is 0 Å². The summed E-state index contributed by atoms with van der Waals surface area (Å²) >= 11 is 0. The van der Waals surface area contributed by atoms with Crippen molar-refractivity contribution in [2.45, 2.75) is 39.7 Å². The minimum absolute atomic E-state index is 0.148. The molecule has 0 aliphatic carbocycles. The summed E-state index contributed by atoms with van der Waals surface area (Å²) in [5.74, 6) is -0.148. The first-order valence-electron chi connectivity index (χ1n) is 6.52. The first-order valence-corrected chi connectivity index (χ1v) is 6.52. The Morgan fingerprint density at radius 2 is 2.24 bits per heavy atom. The van der Waals surface area contributed by atoms with Crippen molar-refractivity contribution in [3.8, 4) is 0 Å². The lowest BCUT2D eigenvalue weighted by Gasteiger charge is -2.22. The summed E-state index contributed by atoms with van der Waals surface area (Å²) in [6, 6.07) is -0.159. The van der Waals surface area contributed by atoms with Crippen LogP contribution in [-0.4, -0.2) is 50.2 Å². The lowest BCUT2D eigenvalue weighted by Crippen LogP contribution is -2.40. The van der Waals surface area contributed by atoms with Crippen molar-refractivity contribution in [3.05, 3.63) is 0 Å². The van der Waals surface area contributed by atoms with Crippen LogP contribution in [0.25, 0.3) is 0 Å². The van der Waals surface area contributed by atoms with Gasteiger partial charge in [-0.1, -0.05) is 20.8 Å². The van der Waals surface area contributed by atoms with Gasteiger partial charge in [-0.3, -0.25) is 4.79 Å². The van der Waals surface area contributed by atoms with Crippen molar-refractivity contribution in [3.63, 3.8) is 0 Å². The summed E-state index contributed by atoms with van der Waals surface area (Å²) in [5.41, 5.74) is 0.430. The SMILES string of the molecule is CCNC(CCN1CCC(C)(C)C1)C(=O)OC. The lowest BCUT2D eigenvalue weighted by molar-refractivity contribution is -0.143. The summed E-state index contributed by atoms with van der Waals surface area (Å²) in [6.45, 7) is 10.7. The Bertz CT molecular complexity index is 254. The Morgan fingerprint density at radius 1 is 1.53 bits per heavy atom. The molecule has 1 rings (SSSR count). The van der Waals surface area contributed by atoms with Crippen LogP contribution in [0, 0.1) is 5.41 Å². The number of nitrogens with zero attached hydrogens (tertiary/aromatic N) is 1.